The van der Waals surface area contributed by atoms with Crippen LogP contribution >= 0.6 is 15.9 Å². The topological polar surface area (TPSA) is 112 Å². The summed E-state index contributed by atoms with van der Waals surface area (Å²) in [5, 5.41) is 31.3. The van der Waals surface area contributed by atoms with E-state index >= 15 is 0 Å². The molecule has 232 valence electrons. The molecule has 0 aliphatic carbocycles. The number of aliphatic hydroxyl groups is 2. The van der Waals surface area contributed by atoms with Crippen LogP contribution < -0.4 is 9.80 Å². The van der Waals surface area contributed by atoms with Gasteiger partial charge in [0.1, 0.15) is 0 Å². The zero-order chi connectivity index (χ0) is 32.0. The van der Waals surface area contributed by atoms with E-state index in [1.54, 1.807) is 20.7 Å². The van der Waals surface area contributed by atoms with Crippen molar-refractivity contribution in [3.05, 3.63) is 124 Å². The second-order valence-corrected chi connectivity index (χ2v) is 12.7. The van der Waals surface area contributed by atoms with Crippen molar-refractivity contribution >= 4 is 55.6 Å². The fourth-order valence-electron chi connectivity index (χ4n) is 6.55. The molecular formula is C36H32BrN5O4. The Bertz CT molecular complexity index is 2020. The van der Waals surface area contributed by atoms with Crippen LogP contribution in [0.25, 0.3) is 10.8 Å². The number of anilines is 3. The van der Waals surface area contributed by atoms with Gasteiger partial charge in [0, 0.05) is 52.8 Å². The zero-order valence-electron chi connectivity index (χ0n) is 25.2. The molecule has 2 N–H and O–H groups in total. The molecule has 0 saturated carbocycles. The Kier molecular flexibility index (Phi) is 7.80. The van der Waals surface area contributed by atoms with Crippen molar-refractivity contribution in [1.29, 1.82) is 0 Å². The van der Waals surface area contributed by atoms with E-state index in [1.165, 1.54) is 0 Å². The molecule has 0 spiro atoms. The average molecular weight is 679 g/mol. The van der Waals surface area contributed by atoms with Crippen LogP contribution in [0.5, 0.6) is 0 Å². The molecule has 0 unspecified atom stereocenters. The number of halogens is 1. The summed E-state index contributed by atoms with van der Waals surface area (Å²) in [6.07, 6.45) is 6.71. The van der Waals surface area contributed by atoms with Gasteiger partial charge in [0.2, 0.25) is 0 Å². The number of nitrogens with zero attached hydrogens (tertiary/aromatic N) is 5. The quantitative estimate of drug-likeness (QED) is 0.175. The number of allylic oxidation sites excluding steroid dienone is 1. The SMILES string of the molecule is C[C@H](/C=C/CCn1cc(CCO)nn1)[C@@]1(O)C(=O)N(Cc2cccc(N3C(=O)c4cccc5cccc3c45)c2)c2ccc(Br)cc21. The molecule has 3 heterocycles. The first-order valence-electron chi connectivity index (χ1n) is 15.3. The van der Waals surface area contributed by atoms with E-state index in [-0.39, 0.29) is 19.1 Å². The van der Waals surface area contributed by atoms with Crippen LogP contribution in [0.2, 0.25) is 0 Å². The number of hydrogen-bond donors (Lipinski definition) is 2. The number of aryl methyl sites for hydroxylation is 1. The van der Waals surface area contributed by atoms with Crippen LogP contribution in [0.4, 0.5) is 17.1 Å². The molecule has 0 bridgehead atoms. The summed E-state index contributed by atoms with van der Waals surface area (Å²) in [5.41, 5.74) is 3.22. The monoisotopic (exact) mass is 677 g/mol. The highest BCUT2D eigenvalue weighted by atomic mass is 79.9. The van der Waals surface area contributed by atoms with Gasteiger partial charge in [-0.25, -0.2) is 0 Å². The van der Waals surface area contributed by atoms with Gasteiger partial charge in [0.05, 0.1) is 29.2 Å². The van der Waals surface area contributed by atoms with Gasteiger partial charge in [0.15, 0.2) is 5.60 Å². The van der Waals surface area contributed by atoms with E-state index in [2.05, 4.69) is 26.2 Å². The van der Waals surface area contributed by atoms with Crippen LogP contribution in [0, 0.1) is 5.92 Å². The largest absolute Gasteiger partial charge is 0.396 e. The maximum Gasteiger partial charge on any atom is 0.264 e. The Morgan fingerprint density at radius 1 is 1.00 bits per heavy atom. The second-order valence-electron chi connectivity index (χ2n) is 11.8. The fraction of sp³-hybridized carbons (Fsp3) is 0.222. The summed E-state index contributed by atoms with van der Waals surface area (Å²) >= 11 is 3.52. The number of amides is 2. The lowest BCUT2D eigenvalue weighted by molar-refractivity contribution is -0.139. The van der Waals surface area contributed by atoms with E-state index in [1.807, 2.05) is 97.9 Å². The second kappa shape index (κ2) is 11.9. The molecule has 0 fully saturated rings. The maximum absolute atomic E-state index is 14.1. The highest BCUT2D eigenvalue weighted by Gasteiger charge is 2.52. The predicted molar refractivity (Wildman–Crippen MR) is 180 cm³/mol. The predicted octanol–water partition coefficient (Wildman–Crippen LogP) is 6.04. The molecule has 2 amide bonds. The van der Waals surface area contributed by atoms with Crippen molar-refractivity contribution in [2.45, 2.75) is 38.5 Å². The maximum atomic E-state index is 14.1. The lowest BCUT2D eigenvalue weighted by atomic mass is 9.83. The summed E-state index contributed by atoms with van der Waals surface area (Å²) in [4.78, 5) is 31.1. The van der Waals surface area contributed by atoms with E-state index < -0.39 is 17.4 Å². The Hall–Kier alpha value is -4.64. The number of fused-ring (bicyclic) bond motifs is 1. The van der Waals surface area contributed by atoms with Gasteiger partial charge in [-0.2, -0.15) is 0 Å². The summed E-state index contributed by atoms with van der Waals surface area (Å²) in [5.74, 6) is -1.01. The van der Waals surface area contributed by atoms with Gasteiger partial charge >= 0.3 is 0 Å². The molecule has 2 aliphatic heterocycles. The average Bonchev–Trinajstić information content (AvgIpc) is 3.69. The molecule has 2 aliphatic rings. The normalized spacial score (nSPS) is 17.9. The first kappa shape index (κ1) is 30.0. The molecule has 2 atom stereocenters. The first-order valence-corrected chi connectivity index (χ1v) is 16.0. The molecule has 10 heteroatoms. The molecular weight excluding hydrogens is 646 g/mol. The lowest BCUT2D eigenvalue weighted by Gasteiger charge is -2.28. The number of aromatic nitrogens is 3. The molecule has 5 aromatic rings. The van der Waals surface area contributed by atoms with E-state index in [0.29, 0.717) is 36.2 Å². The minimum Gasteiger partial charge on any atom is -0.396 e. The molecule has 4 aromatic carbocycles. The third kappa shape index (κ3) is 5.02. The van der Waals surface area contributed by atoms with Crippen molar-refractivity contribution in [1.82, 2.24) is 15.0 Å². The van der Waals surface area contributed by atoms with Gasteiger partial charge < -0.3 is 15.1 Å². The number of carbonyl (C=O) groups excluding carboxylic acids is 2. The van der Waals surface area contributed by atoms with Crippen LogP contribution in [-0.4, -0.2) is 43.6 Å². The first-order chi connectivity index (χ1) is 22.3. The standard InChI is InChI=1S/C36H32BrN5O4/c1-23(7-2-3-17-40-22-27(16-18-43)38-39-40)36(46)30-20-26(37)14-15-31(30)41(35(36)45)21-24-8-4-11-28(19-24)42-32-13-6-10-25-9-5-12-29(33(25)32)34(42)44/h2,4-15,19-20,22-23,43,46H,3,16-18,21H2,1H3/b7-2+/t23-,36+/m1/s1. The Morgan fingerprint density at radius 3 is 2.63 bits per heavy atom. The van der Waals surface area contributed by atoms with Gasteiger partial charge in [-0.15, -0.1) is 5.10 Å². The van der Waals surface area contributed by atoms with E-state index in [4.69, 9.17) is 5.11 Å². The van der Waals surface area contributed by atoms with Crippen molar-refractivity contribution in [2.24, 2.45) is 5.92 Å². The minimum absolute atomic E-state index is 0.0204. The van der Waals surface area contributed by atoms with Gasteiger partial charge in [-0.3, -0.25) is 19.2 Å². The van der Waals surface area contributed by atoms with Gasteiger partial charge in [-0.05, 0) is 59.8 Å². The Labute approximate surface area is 274 Å². The smallest absolute Gasteiger partial charge is 0.264 e. The number of rotatable bonds is 10. The lowest BCUT2D eigenvalue weighted by Crippen LogP contribution is -2.44. The third-order valence-corrected chi connectivity index (χ3v) is 9.35. The molecule has 0 radical (unpaired) electrons. The Morgan fingerprint density at radius 2 is 1.80 bits per heavy atom. The van der Waals surface area contributed by atoms with Crippen molar-refractivity contribution < 1.29 is 19.8 Å². The van der Waals surface area contributed by atoms with Crippen molar-refractivity contribution in [3.63, 3.8) is 0 Å². The zero-order valence-corrected chi connectivity index (χ0v) is 26.8. The number of carbonyl (C=O) groups is 2. The number of hydrogen-bond acceptors (Lipinski definition) is 6. The van der Waals surface area contributed by atoms with E-state index in [9.17, 15) is 14.7 Å². The highest BCUT2D eigenvalue weighted by molar-refractivity contribution is 9.10. The summed E-state index contributed by atoms with van der Waals surface area (Å²) in [6.45, 7) is 2.67. The third-order valence-electron chi connectivity index (χ3n) is 8.86. The van der Waals surface area contributed by atoms with Crippen LogP contribution in [0.1, 0.15) is 40.5 Å². The van der Waals surface area contributed by atoms with Crippen molar-refractivity contribution in [2.75, 3.05) is 16.4 Å². The van der Waals surface area contributed by atoms with Crippen LogP contribution in [0.15, 0.2) is 102 Å². The highest BCUT2D eigenvalue weighted by Crippen LogP contribution is 2.47. The molecule has 7 rings (SSSR count). The summed E-state index contributed by atoms with van der Waals surface area (Å²) < 4.78 is 2.48. The minimum atomic E-state index is -1.77. The van der Waals surface area contributed by atoms with E-state index in [0.717, 1.165) is 37.9 Å². The van der Waals surface area contributed by atoms with Crippen molar-refractivity contribution in [3.8, 4) is 0 Å². The molecule has 46 heavy (non-hydrogen) atoms. The molecule has 9 nitrogen and oxygen atoms in total. The fourth-order valence-corrected chi connectivity index (χ4v) is 6.91. The van der Waals surface area contributed by atoms with Crippen LogP contribution in [0.3, 0.4) is 0 Å². The number of benzene rings is 4. The van der Waals surface area contributed by atoms with Gasteiger partial charge in [-0.1, -0.05) is 76.6 Å². The van der Waals surface area contributed by atoms with Crippen LogP contribution in [-0.2, 0) is 29.9 Å². The van der Waals surface area contributed by atoms with Gasteiger partial charge in [0.25, 0.3) is 11.8 Å². The summed E-state index contributed by atoms with van der Waals surface area (Å²) in [7, 11) is 0. The number of aliphatic hydroxyl groups excluding tert-OH is 1. The molecule has 1 aromatic heterocycles. The summed E-state index contributed by atoms with van der Waals surface area (Å²) in [6, 6.07) is 24.9. The molecule has 0 saturated heterocycles. The Balaban J connectivity index is 1.13.